The lowest BCUT2D eigenvalue weighted by Gasteiger charge is -2.16. The van der Waals surface area contributed by atoms with Crippen LogP contribution in [0, 0.1) is 29.6 Å². The highest BCUT2D eigenvalue weighted by atomic mass is 16.5. The van der Waals surface area contributed by atoms with Gasteiger partial charge < -0.3 is 48.2 Å². The molecule has 0 spiro atoms. The third kappa shape index (κ3) is 53.6. The Hall–Kier alpha value is -5.30. The summed E-state index contributed by atoms with van der Waals surface area (Å²) in [5.74, 6) is -1.66. The van der Waals surface area contributed by atoms with Gasteiger partial charge in [-0.2, -0.15) is 0 Å². The summed E-state index contributed by atoms with van der Waals surface area (Å²) in [6.07, 6.45) is 60.4. The summed E-state index contributed by atoms with van der Waals surface area (Å²) >= 11 is 0. The molecule has 113 heavy (non-hydrogen) atoms. The number of amides is 5. The van der Waals surface area contributed by atoms with Crippen LogP contribution < -0.4 is 0 Å². The molecule has 0 aliphatic carbocycles. The second kappa shape index (κ2) is 73.1. The fraction of sp³-hybridized carbons (Fsp3) is 0.892. The maximum Gasteiger partial charge on any atom is 0.311 e. The number of carbonyl (C=O) groups is 10. The topological polar surface area (TPSA) is 233 Å². The van der Waals surface area contributed by atoms with Gasteiger partial charge in [0.2, 0.25) is 29.5 Å². The molecule has 0 bridgehead atoms. The van der Waals surface area contributed by atoms with Crippen molar-refractivity contribution in [3.05, 3.63) is 0 Å². The highest BCUT2D eigenvalue weighted by molar-refractivity contribution is 5.89. The molecule has 5 unspecified atom stereocenters. The van der Waals surface area contributed by atoms with Crippen molar-refractivity contribution in [2.45, 2.75) is 410 Å². The van der Waals surface area contributed by atoms with Crippen molar-refractivity contribution < 1.29 is 71.6 Å². The van der Waals surface area contributed by atoms with E-state index in [-0.39, 0.29) is 89.0 Å². The lowest BCUT2D eigenvalue weighted by atomic mass is 10.0. The van der Waals surface area contributed by atoms with Crippen LogP contribution in [0.5, 0.6) is 0 Å². The summed E-state index contributed by atoms with van der Waals surface area (Å²) < 4.78 is 26.2. The molecule has 0 aromatic rings. The number of ether oxygens (including phenoxy) is 5. The second-order valence-corrected chi connectivity index (χ2v) is 32.9. The number of esters is 5. The van der Waals surface area contributed by atoms with Gasteiger partial charge in [0.05, 0.1) is 62.6 Å². The van der Waals surface area contributed by atoms with Crippen LogP contribution in [0.25, 0.3) is 0 Å². The monoisotopic (exact) mass is 1600 g/mol. The Kier molecular flexibility index (Phi) is 68.4. The molecule has 5 aliphatic heterocycles. The summed E-state index contributed by atoms with van der Waals surface area (Å²) in [5.41, 5.74) is 0. The van der Waals surface area contributed by atoms with E-state index in [1.165, 1.54) is 218 Å². The summed E-state index contributed by atoms with van der Waals surface area (Å²) in [6.45, 7) is 30.3. The summed E-state index contributed by atoms with van der Waals surface area (Å²) in [7, 11) is 0. The highest BCUT2D eigenvalue weighted by Crippen LogP contribution is 2.26. The molecule has 0 saturated carbocycles. The molecule has 5 atom stereocenters. The third-order valence-electron chi connectivity index (χ3n) is 22.4. The van der Waals surface area contributed by atoms with E-state index in [9.17, 15) is 47.9 Å². The fourth-order valence-electron chi connectivity index (χ4n) is 14.9. The van der Waals surface area contributed by atoms with Crippen LogP contribution in [0.2, 0.25) is 0 Å². The van der Waals surface area contributed by atoms with Crippen molar-refractivity contribution in [1.29, 1.82) is 0 Å². The van der Waals surface area contributed by atoms with Crippen molar-refractivity contribution in [2.75, 3.05) is 98.5 Å². The van der Waals surface area contributed by atoms with Gasteiger partial charge in [-0.05, 0) is 64.7 Å². The third-order valence-corrected chi connectivity index (χ3v) is 22.4. The lowest BCUT2D eigenvalue weighted by Crippen LogP contribution is -2.27. The minimum absolute atomic E-state index is 0.0698. The van der Waals surface area contributed by atoms with E-state index in [0.29, 0.717) is 104 Å². The van der Waals surface area contributed by atoms with Crippen LogP contribution in [-0.4, -0.2) is 182 Å². The Labute approximate surface area is 689 Å². The van der Waals surface area contributed by atoms with Gasteiger partial charge in [-0.3, -0.25) is 47.9 Å². The second-order valence-electron chi connectivity index (χ2n) is 32.9. The summed E-state index contributed by atoms with van der Waals surface area (Å²) in [5, 5.41) is 0. The van der Waals surface area contributed by atoms with Crippen molar-refractivity contribution in [2.24, 2.45) is 29.6 Å². The first-order chi connectivity index (χ1) is 54.9. The zero-order valence-corrected chi connectivity index (χ0v) is 74.3. The number of carbonyl (C=O) groups excluding carboxylic acids is 10. The van der Waals surface area contributed by atoms with Crippen molar-refractivity contribution in [1.82, 2.24) is 24.5 Å². The zero-order chi connectivity index (χ0) is 83.2. The first kappa shape index (κ1) is 106. The molecule has 0 aromatic carbocycles. The molecule has 5 fully saturated rings. The average molecular weight is 1600 g/mol. The Morgan fingerprint density at radius 1 is 0.212 bits per heavy atom. The molecule has 658 valence electrons. The molecule has 5 heterocycles. The number of hydrogen-bond acceptors (Lipinski definition) is 15. The van der Waals surface area contributed by atoms with Crippen molar-refractivity contribution >= 4 is 59.4 Å². The van der Waals surface area contributed by atoms with E-state index < -0.39 is 0 Å². The van der Waals surface area contributed by atoms with Gasteiger partial charge in [0.25, 0.3) is 0 Å². The highest BCUT2D eigenvalue weighted by Gasteiger charge is 2.39. The standard InChI is InChI=1S/C25H47NO3.C21H39NO3.C20H37NO3.C14H25NO3.C13H23NO3/c1-3-5-7-8-9-10-11-12-13-14-15-16-17-18-19-26-22-23(21-24(26)27)25(28)29-20-6-4-2;1-3-5-7-8-9-10-11-12-13-14-15-22-18-19(17-20(22)23)21(24)25-16-6-4-2;1-3-5-7-8-9-10-11-12-13-14-21-17-18(16-19(21)22)20(23)24-15-6-4-2;1-3-5-6-7-9-18-14(17)12-10-13(16)15(11-12)8-4-2;1-3-5-6-7-8-17-13(16)11-9-12(15)14(4-2)10-11/h23H,3-22H2,1-2H3;19H,3-18H2,1-2H3;18H,3-17H2,1-2H3;12H,3-11H2,1-2H3;11H,3-10H2,1-2H3. The molecule has 5 aliphatic rings. The van der Waals surface area contributed by atoms with Crippen LogP contribution in [-0.2, 0) is 71.6 Å². The number of hydrogen-bond donors (Lipinski definition) is 0. The van der Waals surface area contributed by atoms with E-state index in [1.54, 1.807) is 9.80 Å². The zero-order valence-electron chi connectivity index (χ0n) is 74.3. The number of rotatable bonds is 63. The van der Waals surface area contributed by atoms with Gasteiger partial charge in [0.1, 0.15) is 0 Å². The first-order valence-electron chi connectivity index (χ1n) is 47.2. The quantitative estimate of drug-likeness (QED) is 0.0313. The van der Waals surface area contributed by atoms with Gasteiger partial charge in [0, 0.05) is 97.6 Å². The van der Waals surface area contributed by atoms with Gasteiger partial charge >= 0.3 is 29.8 Å². The normalized spacial score (nSPS) is 17.8. The Bertz CT molecular complexity index is 2450. The molecule has 0 aromatic heterocycles. The number of unbranched alkanes of at least 4 members (excludes halogenated alkanes) is 39. The van der Waals surface area contributed by atoms with Crippen LogP contribution >= 0.6 is 0 Å². The first-order valence-corrected chi connectivity index (χ1v) is 47.2. The maximum atomic E-state index is 12.1. The van der Waals surface area contributed by atoms with E-state index >= 15 is 0 Å². The smallest absolute Gasteiger partial charge is 0.311 e. The molecular weight excluding hydrogens is 1430 g/mol. The van der Waals surface area contributed by atoms with Crippen molar-refractivity contribution in [3.8, 4) is 0 Å². The molecule has 5 amide bonds. The summed E-state index contributed by atoms with van der Waals surface area (Å²) in [4.78, 5) is 128. The minimum atomic E-state index is -0.244. The molecule has 0 radical (unpaired) electrons. The van der Waals surface area contributed by atoms with Gasteiger partial charge in [-0.1, -0.05) is 313 Å². The summed E-state index contributed by atoms with van der Waals surface area (Å²) in [6, 6.07) is 0. The minimum Gasteiger partial charge on any atom is -0.465 e. The molecular formula is C93H171N5O15. The predicted molar refractivity (Wildman–Crippen MR) is 457 cm³/mol. The van der Waals surface area contributed by atoms with Gasteiger partial charge in [0.15, 0.2) is 0 Å². The average Bonchev–Trinajstić information content (AvgIpc) is 1.63. The SMILES string of the molecule is CCCCCCCCCCCCCCCCN1CC(C(=O)OCCCC)CC1=O.CCCCCCCCCCCCN1CC(C(=O)OCCCC)CC1=O.CCCCCCCCCCCN1CC(C(=O)OCCCC)CC1=O.CCCCCCOC(=O)C1CC(=O)N(CC)C1.CCCCCCOC(=O)C1CC(=O)N(CCC)C1. The Balaban J connectivity index is 0.000000715. The van der Waals surface area contributed by atoms with Crippen LogP contribution in [0.3, 0.4) is 0 Å². The van der Waals surface area contributed by atoms with Crippen molar-refractivity contribution in [3.63, 3.8) is 0 Å². The fourth-order valence-corrected chi connectivity index (χ4v) is 14.9. The number of nitrogens with zero attached hydrogens (tertiary/aromatic N) is 5. The molecule has 5 rings (SSSR count). The van der Waals surface area contributed by atoms with Gasteiger partial charge in [-0.15, -0.1) is 0 Å². The lowest BCUT2D eigenvalue weighted by molar-refractivity contribution is -0.149. The molecule has 20 heteroatoms. The molecule has 20 nitrogen and oxygen atoms in total. The molecule has 5 saturated heterocycles. The van der Waals surface area contributed by atoms with E-state index in [2.05, 4.69) is 55.4 Å². The van der Waals surface area contributed by atoms with Crippen LogP contribution in [0.4, 0.5) is 0 Å². The largest absolute Gasteiger partial charge is 0.465 e. The maximum absolute atomic E-state index is 12.1. The van der Waals surface area contributed by atoms with Crippen LogP contribution in [0.1, 0.15) is 410 Å². The Morgan fingerprint density at radius 2 is 0.381 bits per heavy atom. The number of likely N-dealkylation sites (tertiary alicyclic amines) is 5. The van der Waals surface area contributed by atoms with E-state index in [4.69, 9.17) is 23.7 Å². The predicted octanol–water partition coefficient (Wildman–Crippen LogP) is 20.8. The van der Waals surface area contributed by atoms with Gasteiger partial charge in [-0.25, -0.2) is 0 Å². The Morgan fingerprint density at radius 3 is 0.575 bits per heavy atom. The molecule has 0 N–H and O–H groups in total. The van der Waals surface area contributed by atoms with E-state index in [1.807, 2.05) is 28.5 Å². The van der Waals surface area contributed by atoms with Crippen LogP contribution in [0.15, 0.2) is 0 Å². The van der Waals surface area contributed by atoms with E-state index in [0.717, 1.165) is 116 Å².